The maximum absolute atomic E-state index is 12.0. The summed E-state index contributed by atoms with van der Waals surface area (Å²) >= 11 is 0. The summed E-state index contributed by atoms with van der Waals surface area (Å²) in [5.41, 5.74) is -0.837. The van der Waals surface area contributed by atoms with Gasteiger partial charge in [0.2, 0.25) is 5.91 Å². The second kappa shape index (κ2) is 5.67. The zero-order valence-corrected chi connectivity index (χ0v) is 12.9. The number of hydrogen-bond acceptors (Lipinski definition) is 6. The van der Waals surface area contributed by atoms with Crippen LogP contribution in [-0.2, 0) is 16.0 Å². The van der Waals surface area contributed by atoms with E-state index in [4.69, 9.17) is 0 Å². The molecule has 1 aliphatic heterocycles. The number of amides is 2. The Bertz CT molecular complexity index is 570. The van der Waals surface area contributed by atoms with Crippen molar-refractivity contribution in [1.29, 1.82) is 0 Å². The lowest BCUT2D eigenvalue weighted by atomic mass is 9.99. The molecule has 0 saturated carbocycles. The number of rotatable bonds is 4. The topological polar surface area (TPSA) is 87.2 Å². The minimum atomic E-state index is -0.837. The fourth-order valence-electron chi connectivity index (χ4n) is 2.24. The molecule has 0 bridgehead atoms. The summed E-state index contributed by atoms with van der Waals surface area (Å²) in [6, 6.07) is 1.76. The highest BCUT2D eigenvalue weighted by molar-refractivity contribution is 6.06. The average molecular weight is 291 g/mol. The third kappa shape index (κ3) is 2.96. The largest absolute Gasteiger partial charge is 0.373 e. The molecule has 7 nitrogen and oxygen atoms in total. The average Bonchev–Trinajstić information content (AvgIpc) is 2.43. The SMILES string of the molecule is CCCc1nc(NC)cc(N2CC(=O)NC(=O)C2(C)C)n1. The van der Waals surface area contributed by atoms with Crippen LogP contribution in [0.3, 0.4) is 0 Å². The highest BCUT2D eigenvalue weighted by atomic mass is 16.2. The minimum absolute atomic E-state index is 0.102. The number of aromatic nitrogens is 2. The van der Waals surface area contributed by atoms with Gasteiger partial charge in [-0.15, -0.1) is 0 Å². The Morgan fingerprint density at radius 1 is 1.38 bits per heavy atom. The molecule has 7 heteroatoms. The van der Waals surface area contributed by atoms with Crippen LogP contribution in [0.15, 0.2) is 6.07 Å². The molecule has 21 heavy (non-hydrogen) atoms. The van der Waals surface area contributed by atoms with Crippen molar-refractivity contribution in [2.75, 3.05) is 23.8 Å². The quantitative estimate of drug-likeness (QED) is 0.795. The second-order valence-electron chi connectivity index (χ2n) is 5.55. The molecule has 2 amide bonds. The van der Waals surface area contributed by atoms with E-state index in [1.807, 2.05) is 0 Å². The predicted molar refractivity (Wildman–Crippen MR) is 80.1 cm³/mol. The number of imide groups is 1. The van der Waals surface area contributed by atoms with E-state index in [2.05, 4.69) is 27.5 Å². The van der Waals surface area contributed by atoms with Gasteiger partial charge in [-0.3, -0.25) is 14.9 Å². The predicted octanol–water partition coefficient (Wildman–Crippen LogP) is 0.712. The van der Waals surface area contributed by atoms with Crippen LogP contribution >= 0.6 is 0 Å². The molecule has 0 aliphatic carbocycles. The van der Waals surface area contributed by atoms with Gasteiger partial charge in [0.25, 0.3) is 5.91 Å². The molecule has 2 N–H and O–H groups in total. The van der Waals surface area contributed by atoms with Crippen molar-refractivity contribution < 1.29 is 9.59 Å². The minimum Gasteiger partial charge on any atom is -0.373 e. The van der Waals surface area contributed by atoms with Crippen LogP contribution in [0.2, 0.25) is 0 Å². The van der Waals surface area contributed by atoms with Crippen molar-refractivity contribution >= 4 is 23.5 Å². The van der Waals surface area contributed by atoms with Crippen LogP contribution in [0.1, 0.15) is 33.0 Å². The molecule has 0 spiro atoms. The molecule has 2 rings (SSSR count). The Labute approximate surface area is 124 Å². The number of anilines is 2. The van der Waals surface area contributed by atoms with Crippen LogP contribution in [0.4, 0.5) is 11.6 Å². The maximum Gasteiger partial charge on any atom is 0.251 e. The van der Waals surface area contributed by atoms with Gasteiger partial charge in [-0.05, 0) is 20.3 Å². The van der Waals surface area contributed by atoms with E-state index in [0.717, 1.165) is 12.8 Å². The van der Waals surface area contributed by atoms with Gasteiger partial charge >= 0.3 is 0 Å². The van der Waals surface area contributed by atoms with E-state index in [0.29, 0.717) is 17.5 Å². The molecule has 0 unspecified atom stereocenters. The van der Waals surface area contributed by atoms with E-state index in [-0.39, 0.29) is 18.4 Å². The summed E-state index contributed by atoms with van der Waals surface area (Å²) in [4.78, 5) is 34.3. The number of nitrogens with zero attached hydrogens (tertiary/aromatic N) is 3. The Kier molecular flexibility index (Phi) is 4.11. The number of carbonyl (C=O) groups excluding carboxylic acids is 2. The van der Waals surface area contributed by atoms with Crippen molar-refractivity contribution in [3.63, 3.8) is 0 Å². The second-order valence-corrected chi connectivity index (χ2v) is 5.55. The molecular formula is C14H21N5O2. The number of hydrogen-bond donors (Lipinski definition) is 2. The van der Waals surface area contributed by atoms with Crippen molar-refractivity contribution in [2.24, 2.45) is 0 Å². The van der Waals surface area contributed by atoms with Crippen molar-refractivity contribution in [1.82, 2.24) is 15.3 Å². The smallest absolute Gasteiger partial charge is 0.251 e. The van der Waals surface area contributed by atoms with E-state index in [9.17, 15) is 9.59 Å². The Balaban J connectivity index is 2.45. The number of piperazine rings is 1. The molecule has 0 atom stereocenters. The summed E-state index contributed by atoms with van der Waals surface area (Å²) in [5, 5.41) is 5.35. The molecular weight excluding hydrogens is 270 g/mol. The van der Waals surface area contributed by atoms with Crippen LogP contribution in [0.5, 0.6) is 0 Å². The Morgan fingerprint density at radius 3 is 2.71 bits per heavy atom. The van der Waals surface area contributed by atoms with E-state index in [1.165, 1.54) is 0 Å². The lowest BCUT2D eigenvalue weighted by Crippen LogP contribution is -2.64. The number of nitrogens with one attached hydrogen (secondary N) is 2. The van der Waals surface area contributed by atoms with E-state index >= 15 is 0 Å². The Morgan fingerprint density at radius 2 is 2.10 bits per heavy atom. The molecule has 1 aromatic heterocycles. The first-order valence-electron chi connectivity index (χ1n) is 7.06. The number of aryl methyl sites for hydroxylation is 1. The van der Waals surface area contributed by atoms with Crippen LogP contribution in [0.25, 0.3) is 0 Å². The highest BCUT2D eigenvalue weighted by Crippen LogP contribution is 2.26. The fourth-order valence-corrected chi connectivity index (χ4v) is 2.24. The summed E-state index contributed by atoms with van der Waals surface area (Å²) in [7, 11) is 1.78. The fraction of sp³-hybridized carbons (Fsp3) is 0.571. The zero-order chi connectivity index (χ0) is 15.6. The van der Waals surface area contributed by atoms with E-state index < -0.39 is 5.54 Å². The molecule has 0 radical (unpaired) electrons. The third-order valence-corrected chi connectivity index (χ3v) is 3.55. The number of carbonyl (C=O) groups is 2. The lowest BCUT2D eigenvalue weighted by Gasteiger charge is -2.41. The van der Waals surface area contributed by atoms with Gasteiger partial charge in [-0.25, -0.2) is 9.97 Å². The summed E-state index contributed by atoms with van der Waals surface area (Å²) in [6.45, 7) is 5.70. The van der Waals surface area contributed by atoms with Gasteiger partial charge in [0.05, 0.1) is 6.54 Å². The van der Waals surface area contributed by atoms with Crippen molar-refractivity contribution in [3.8, 4) is 0 Å². The Hall–Kier alpha value is -2.18. The standard InChI is InChI=1S/C14H21N5O2/c1-5-6-9-16-10(15-4)7-11(17-9)19-8-12(20)18-13(21)14(19,2)3/h7H,5-6,8H2,1-4H3,(H,15,16,17)(H,18,20,21). The lowest BCUT2D eigenvalue weighted by molar-refractivity contribution is -0.135. The van der Waals surface area contributed by atoms with Gasteiger partial charge in [0.15, 0.2) is 0 Å². The van der Waals surface area contributed by atoms with Crippen molar-refractivity contribution in [2.45, 2.75) is 39.2 Å². The van der Waals surface area contributed by atoms with Gasteiger partial charge in [-0.2, -0.15) is 0 Å². The molecule has 2 heterocycles. The van der Waals surface area contributed by atoms with E-state index in [1.54, 1.807) is 31.9 Å². The summed E-state index contributed by atoms with van der Waals surface area (Å²) < 4.78 is 0. The summed E-state index contributed by atoms with van der Waals surface area (Å²) in [5.74, 6) is 1.33. The van der Waals surface area contributed by atoms with Gasteiger partial charge in [0, 0.05) is 19.5 Å². The molecule has 1 aliphatic rings. The monoisotopic (exact) mass is 291 g/mol. The normalized spacial score (nSPS) is 17.6. The highest BCUT2D eigenvalue weighted by Gasteiger charge is 2.41. The molecule has 1 saturated heterocycles. The van der Waals surface area contributed by atoms with Crippen LogP contribution in [0, 0.1) is 0 Å². The first kappa shape index (κ1) is 15.2. The first-order chi connectivity index (χ1) is 9.88. The van der Waals surface area contributed by atoms with Crippen LogP contribution in [-0.4, -0.2) is 40.9 Å². The van der Waals surface area contributed by atoms with Gasteiger partial charge < -0.3 is 10.2 Å². The molecule has 1 fully saturated rings. The first-order valence-corrected chi connectivity index (χ1v) is 7.06. The van der Waals surface area contributed by atoms with Gasteiger partial charge in [-0.1, -0.05) is 6.92 Å². The molecule has 0 aromatic carbocycles. The summed E-state index contributed by atoms with van der Waals surface area (Å²) in [6.07, 6.45) is 1.67. The molecule has 1 aromatic rings. The third-order valence-electron chi connectivity index (χ3n) is 3.55. The molecule has 114 valence electrons. The van der Waals surface area contributed by atoms with Crippen LogP contribution < -0.4 is 15.5 Å². The van der Waals surface area contributed by atoms with Gasteiger partial charge in [0.1, 0.15) is 23.0 Å². The maximum atomic E-state index is 12.0. The van der Waals surface area contributed by atoms with Crippen molar-refractivity contribution in [3.05, 3.63) is 11.9 Å². The zero-order valence-electron chi connectivity index (χ0n) is 12.9.